The quantitative estimate of drug-likeness (QED) is 0.268. The molecule has 4 aliphatic heterocycles. The highest BCUT2D eigenvalue weighted by Crippen LogP contribution is 2.50. The van der Waals surface area contributed by atoms with Crippen molar-refractivity contribution in [1.29, 1.82) is 0 Å². The third kappa shape index (κ3) is 2.40. The van der Waals surface area contributed by atoms with Crippen molar-refractivity contribution >= 4 is 19.5 Å². The maximum Gasteiger partial charge on any atom is 0.137 e. The fourth-order valence-electron chi connectivity index (χ4n) is 3.19. The summed E-state index contributed by atoms with van der Waals surface area (Å²) in [5.74, 6) is 0.655. The molecule has 0 spiro atoms. The van der Waals surface area contributed by atoms with Gasteiger partial charge in [0.15, 0.2) is 0 Å². The number of rotatable bonds is 3. The van der Waals surface area contributed by atoms with E-state index in [9.17, 15) is 0 Å². The zero-order chi connectivity index (χ0) is 10.3. The summed E-state index contributed by atoms with van der Waals surface area (Å²) in [4.78, 5) is 5.27. The summed E-state index contributed by atoms with van der Waals surface area (Å²) in [5.41, 5.74) is 0. The van der Waals surface area contributed by atoms with E-state index in [1.54, 1.807) is 0 Å². The Morgan fingerprint density at radius 1 is 1.19 bits per heavy atom. The second-order valence-electron chi connectivity index (χ2n) is 5.01. The van der Waals surface area contributed by atoms with Crippen LogP contribution in [0, 0.1) is 0 Å². The normalized spacial score (nSPS) is 44.9. The van der Waals surface area contributed by atoms with Crippen LogP contribution in [0.2, 0.25) is 0 Å². The lowest BCUT2D eigenvalue weighted by Crippen LogP contribution is -3.00. The summed E-state index contributed by atoms with van der Waals surface area (Å²) in [7, 11) is 0.276. The lowest BCUT2D eigenvalue weighted by atomic mass is 10.3. The summed E-state index contributed by atoms with van der Waals surface area (Å²) in [6.45, 7) is 4.93. The number of allylic oxidation sites excluding steroid dienone is 1. The molecule has 0 aromatic rings. The molecule has 4 rings (SSSR count). The molecule has 3 nitrogen and oxygen atoms in total. The molecule has 0 aromatic carbocycles. The lowest BCUT2D eigenvalue weighted by Gasteiger charge is -2.59. The number of quaternary nitrogens is 1. The number of alkyl halides is 1. The molecule has 4 aliphatic rings. The Morgan fingerprint density at radius 3 is 2.44 bits per heavy atom. The monoisotopic (exact) mass is 281 g/mol. The van der Waals surface area contributed by atoms with Crippen LogP contribution in [0.25, 0.3) is 0 Å². The van der Waals surface area contributed by atoms with Crippen LogP contribution in [0.5, 0.6) is 0 Å². The maximum atomic E-state index is 5.68. The third-order valence-corrected chi connectivity index (χ3v) is 6.23. The number of hydrogen-bond donors (Lipinski definition) is 0. The molecule has 4 saturated heterocycles. The maximum absolute atomic E-state index is 5.68. The summed E-state index contributed by atoms with van der Waals surface area (Å²) in [6, 6.07) is 0. The van der Waals surface area contributed by atoms with E-state index >= 15 is 0 Å². The third-order valence-electron chi connectivity index (χ3n) is 3.45. The summed E-state index contributed by atoms with van der Waals surface area (Å²) < 4.78 is 1.28. The van der Waals surface area contributed by atoms with Crippen molar-refractivity contribution in [3.05, 3.63) is 12.2 Å². The molecule has 16 heavy (non-hydrogen) atoms. The first kappa shape index (κ1) is 13.1. The molecule has 0 radical (unpaired) electrons. The van der Waals surface area contributed by atoms with Gasteiger partial charge in [0.25, 0.3) is 0 Å². The molecule has 6 heteroatoms. The van der Waals surface area contributed by atoms with Gasteiger partial charge in [-0.3, -0.25) is 4.48 Å². The van der Waals surface area contributed by atoms with Crippen molar-refractivity contribution in [3.8, 4) is 0 Å². The minimum atomic E-state index is 0. The molecule has 92 valence electrons. The van der Waals surface area contributed by atoms with Gasteiger partial charge < -0.3 is 12.4 Å². The van der Waals surface area contributed by atoms with E-state index in [2.05, 4.69) is 22.0 Å². The first-order valence-electron chi connectivity index (χ1n) is 5.53. The summed E-state index contributed by atoms with van der Waals surface area (Å²) in [5, 5.41) is 0. The van der Waals surface area contributed by atoms with Gasteiger partial charge in [-0.05, 0) is 14.0 Å². The highest BCUT2D eigenvalue weighted by atomic mass is 35.5. The zero-order valence-corrected chi connectivity index (χ0v) is 11.8. The van der Waals surface area contributed by atoms with Crippen LogP contribution < -0.4 is 12.4 Å². The Hall–Kier alpha value is 0.630. The average Bonchev–Trinajstić information content (AvgIpc) is 2.15. The van der Waals surface area contributed by atoms with Crippen LogP contribution in [0.15, 0.2) is 12.2 Å². The van der Waals surface area contributed by atoms with Gasteiger partial charge in [0.1, 0.15) is 19.6 Å². The van der Waals surface area contributed by atoms with E-state index in [4.69, 9.17) is 11.6 Å². The molecule has 0 N–H and O–H groups in total. The summed E-state index contributed by atoms with van der Waals surface area (Å²) >= 11 is 5.68. The first-order valence-corrected chi connectivity index (χ1v) is 7.96. The van der Waals surface area contributed by atoms with E-state index in [0.717, 1.165) is 0 Å². The molecule has 0 aliphatic carbocycles. The average molecular weight is 282 g/mol. The molecule has 2 atom stereocenters. The largest absolute Gasteiger partial charge is 1.00 e. The van der Waals surface area contributed by atoms with Crippen LogP contribution in [0.4, 0.5) is 0 Å². The molecule has 0 aromatic heterocycles. The Morgan fingerprint density at radius 2 is 1.88 bits per heavy atom. The fourth-order valence-corrected chi connectivity index (χ4v) is 6.22. The van der Waals surface area contributed by atoms with Crippen molar-refractivity contribution in [2.75, 3.05) is 51.3 Å². The second-order valence-corrected chi connectivity index (χ2v) is 7.51. The van der Waals surface area contributed by atoms with Crippen LogP contribution in [-0.2, 0) is 0 Å². The van der Waals surface area contributed by atoms with E-state index in [1.807, 2.05) is 0 Å². The Labute approximate surface area is 110 Å². The highest BCUT2D eigenvalue weighted by Gasteiger charge is 2.48. The molecule has 4 heterocycles. The Kier molecular flexibility index (Phi) is 4.16. The van der Waals surface area contributed by atoms with Crippen LogP contribution in [-0.4, -0.2) is 65.6 Å². The van der Waals surface area contributed by atoms with Crippen molar-refractivity contribution in [2.24, 2.45) is 0 Å². The number of hydrogen-bond acceptors (Lipinski definition) is 2. The molecule has 0 saturated carbocycles. The van der Waals surface area contributed by atoms with Gasteiger partial charge in [-0.25, -0.2) is 9.80 Å². The van der Waals surface area contributed by atoms with E-state index in [-0.39, 0.29) is 20.3 Å². The summed E-state index contributed by atoms with van der Waals surface area (Å²) in [6.07, 6.45) is 8.60. The number of nitrogens with zero attached hydrogens (tertiary/aromatic N) is 3. The van der Waals surface area contributed by atoms with Crippen LogP contribution in [0.3, 0.4) is 0 Å². The van der Waals surface area contributed by atoms with Gasteiger partial charge in [0.05, 0.1) is 13.2 Å². The fraction of sp³-hybridized carbons (Fsp3) is 0.800. The molecular formula is C10H18Cl2N3P. The van der Waals surface area contributed by atoms with Gasteiger partial charge in [-0.15, -0.1) is 11.6 Å². The van der Waals surface area contributed by atoms with Gasteiger partial charge in [-0.2, -0.15) is 0 Å². The number of halogens is 2. The molecule has 0 amide bonds. The van der Waals surface area contributed by atoms with E-state index < -0.39 is 0 Å². The first-order chi connectivity index (χ1) is 7.30. The standard InChI is InChI=1S/C10H18ClN3P.ClH/c11-3-1-2-4-14-6-12-5-13(7-14)9-15(8-12)10-14;/h1-2H,3-10H2;1H/q+1;/p-1/b2-1+;. The van der Waals surface area contributed by atoms with Crippen molar-refractivity contribution in [3.63, 3.8) is 0 Å². The topological polar surface area (TPSA) is 6.48 Å². The Bertz CT molecular complexity index is 250. The van der Waals surface area contributed by atoms with E-state index in [1.165, 1.54) is 49.9 Å². The predicted molar refractivity (Wildman–Crippen MR) is 64.8 cm³/mol. The van der Waals surface area contributed by atoms with E-state index in [0.29, 0.717) is 5.88 Å². The SMILES string of the molecule is ClC/C=C/C[N+]12CN3CN(CP(C3)C1)C2.[Cl-]. The van der Waals surface area contributed by atoms with Crippen LogP contribution in [0.1, 0.15) is 0 Å². The van der Waals surface area contributed by atoms with Gasteiger partial charge in [0.2, 0.25) is 0 Å². The van der Waals surface area contributed by atoms with Crippen molar-refractivity contribution in [2.45, 2.75) is 0 Å². The minimum Gasteiger partial charge on any atom is -1.00 e. The van der Waals surface area contributed by atoms with Gasteiger partial charge in [-0.1, -0.05) is 6.08 Å². The smallest absolute Gasteiger partial charge is 0.137 e. The molecule has 4 fully saturated rings. The van der Waals surface area contributed by atoms with Gasteiger partial charge >= 0.3 is 0 Å². The Balaban J connectivity index is 0.000000963. The predicted octanol–water partition coefficient (Wildman–Crippen LogP) is -1.53. The minimum absolute atomic E-state index is 0. The van der Waals surface area contributed by atoms with Crippen molar-refractivity contribution in [1.82, 2.24) is 9.80 Å². The van der Waals surface area contributed by atoms with Gasteiger partial charge in [0, 0.05) is 18.5 Å². The van der Waals surface area contributed by atoms with Crippen LogP contribution >= 0.6 is 19.5 Å². The lowest BCUT2D eigenvalue weighted by molar-refractivity contribution is -0.943. The zero-order valence-electron chi connectivity index (χ0n) is 9.36. The highest BCUT2D eigenvalue weighted by molar-refractivity contribution is 7.57. The second kappa shape index (κ2) is 5.09. The van der Waals surface area contributed by atoms with Crippen molar-refractivity contribution < 1.29 is 16.9 Å². The molecule has 4 bridgehead atoms. The molecular weight excluding hydrogens is 264 g/mol. The molecule has 2 unspecified atom stereocenters.